The molecule has 2 heterocycles. The number of hydrogen-bond donors (Lipinski definition) is 3. The second-order valence-electron chi connectivity index (χ2n) is 7.97. The number of aromatic amines is 1. The Bertz CT molecular complexity index is 1210. The quantitative estimate of drug-likeness (QED) is 0.407. The van der Waals surface area contributed by atoms with Crippen LogP contribution in [-0.4, -0.2) is 52.1 Å². The Morgan fingerprint density at radius 1 is 1.06 bits per heavy atom. The van der Waals surface area contributed by atoms with Crippen LogP contribution in [0.2, 0.25) is 5.02 Å². The van der Waals surface area contributed by atoms with Gasteiger partial charge >= 0.3 is 6.09 Å². The normalized spacial score (nSPS) is 13.8. The fourth-order valence-electron chi connectivity index (χ4n) is 3.66. The molecule has 0 bridgehead atoms. The molecule has 182 valence electrons. The third kappa shape index (κ3) is 6.20. The Balaban J connectivity index is 1.27. The van der Waals surface area contributed by atoms with E-state index in [-0.39, 0.29) is 36.2 Å². The second kappa shape index (κ2) is 11.4. The van der Waals surface area contributed by atoms with Gasteiger partial charge in [-0.2, -0.15) is 5.10 Å². The summed E-state index contributed by atoms with van der Waals surface area (Å²) in [7, 11) is 0. The fraction of sp³-hybridized carbons (Fsp3) is 0.250. The molecule has 0 spiro atoms. The number of hydrogen-bond acceptors (Lipinski definition) is 5. The van der Waals surface area contributed by atoms with Crippen LogP contribution in [0.15, 0.2) is 59.1 Å². The van der Waals surface area contributed by atoms with E-state index in [0.29, 0.717) is 41.0 Å². The lowest BCUT2D eigenvalue weighted by molar-refractivity contribution is 0.0806. The largest absolute Gasteiger partial charge is 0.445 e. The number of rotatable bonds is 6. The Kier molecular flexibility index (Phi) is 8.04. The van der Waals surface area contributed by atoms with Crippen LogP contribution in [0, 0.1) is 0 Å². The standard InChI is InChI=1S/C24H23BrClN5O4/c25-19-20(29-30-21(19)28-22(32)17-8-4-5-9-18(17)26)23(33)27-16-10-12-31(13-11-16)24(34)35-14-15-6-2-1-3-7-15/h1-9,16H,10-14H2,(H,27,33)(H2,28,29,30,32). The van der Waals surface area contributed by atoms with Gasteiger partial charge in [0.25, 0.3) is 11.8 Å². The van der Waals surface area contributed by atoms with Gasteiger partial charge in [0.05, 0.1) is 15.1 Å². The van der Waals surface area contributed by atoms with Crippen LogP contribution in [-0.2, 0) is 11.3 Å². The number of carbonyl (C=O) groups is 3. The highest BCUT2D eigenvalue weighted by Gasteiger charge is 2.27. The monoisotopic (exact) mass is 559 g/mol. The van der Waals surface area contributed by atoms with E-state index in [1.165, 1.54) is 0 Å². The van der Waals surface area contributed by atoms with Crippen molar-refractivity contribution >= 4 is 51.3 Å². The summed E-state index contributed by atoms with van der Waals surface area (Å²) in [5.41, 5.74) is 1.41. The molecule has 0 aliphatic carbocycles. The van der Waals surface area contributed by atoms with Gasteiger partial charge in [-0.15, -0.1) is 0 Å². The van der Waals surface area contributed by atoms with Crippen molar-refractivity contribution in [2.75, 3.05) is 18.4 Å². The first-order chi connectivity index (χ1) is 16.9. The summed E-state index contributed by atoms with van der Waals surface area (Å²) in [6.07, 6.45) is 0.816. The fourth-order valence-corrected chi connectivity index (χ4v) is 4.33. The molecule has 3 N–H and O–H groups in total. The number of ether oxygens (including phenoxy) is 1. The second-order valence-corrected chi connectivity index (χ2v) is 9.17. The summed E-state index contributed by atoms with van der Waals surface area (Å²) in [4.78, 5) is 39.2. The average molecular weight is 561 g/mol. The minimum atomic E-state index is -0.443. The van der Waals surface area contributed by atoms with Gasteiger partial charge in [-0.25, -0.2) is 4.79 Å². The Hall–Kier alpha value is -3.37. The van der Waals surface area contributed by atoms with Crippen LogP contribution in [0.3, 0.4) is 0 Å². The SMILES string of the molecule is O=C(Nc1n[nH]c(C(=O)NC2CCN(C(=O)OCc3ccccc3)CC2)c1Br)c1ccccc1Cl. The van der Waals surface area contributed by atoms with E-state index in [4.69, 9.17) is 16.3 Å². The van der Waals surface area contributed by atoms with Crippen molar-refractivity contribution in [1.82, 2.24) is 20.4 Å². The van der Waals surface area contributed by atoms with Crippen LogP contribution < -0.4 is 10.6 Å². The highest BCUT2D eigenvalue weighted by molar-refractivity contribution is 9.10. The van der Waals surface area contributed by atoms with E-state index in [1.54, 1.807) is 29.2 Å². The van der Waals surface area contributed by atoms with E-state index < -0.39 is 5.91 Å². The molecule has 1 saturated heterocycles. The smallest absolute Gasteiger partial charge is 0.410 e. The van der Waals surface area contributed by atoms with Crippen molar-refractivity contribution < 1.29 is 19.1 Å². The van der Waals surface area contributed by atoms with E-state index in [9.17, 15) is 14.4 Å². The number of benzene rings is 2. The summed E-state index contributed by atoms with van der Waals surface area (Å²) in [6, 6.07) is 16.0. The molecule has 1 aliphatic rings. The zero-order valence-electron chi connectivity index (χ0n) is 18.6. The number of aromatic nitrogens is 2. The molecule has 2 aromatic carbocycles. The number of nitrogens with one attached hydrogen (secondary N) is 3. The van der Waals surface area contributed by atoms with Gasteiger partial charge in [-0.05, 0) is 46.5 Å². The van der Waals surface area contributed by atoms with Crippen molar-refractivity contribution in [2.45, 2.75) is 25.5 Å². The molecule has 35 heavy (non-hydrogen) atoms. The lowest BCUT2D eigenvalue weighted by Crippen LogP contribution is -2.46. The number of nitrogens with zero attached hydrogens (tertiary/aromatic N) is 2. The molecule has 1 fully saturated rings. The van der Waals surface area contributed by atoms with Gasteiger partial charge in [0.1, 0.15) is 12.3 Å². The van der Waals surface area contributed by atoms with Gasteiger partial charge < -0.3 is 20.3 Å². The van der Waals surface area contributed by atoms with Crippen molar-refractivity contribution in [3.05, 3.63) is 80.9 Å². The molecule has 4 rings (SSSR count). The van der Waals surface area contributed by atoms with Gasteiger partial charge in [0, 0.05) is 19.1 Å². The molecule has 1 aliphatic heterocycles. The zero-order valence-corrected chi connectivity index (χ0v) is 20.9. The van der Waals surface area contributed by atoms with Crippen molar-refractivity contribution in [3.63, 3.8) is 0 Å². The predicted molar refractivity (Wildman–Crippen MR) is 134 cm³/mol. The molecule has 9 nitrogen and oxygen atoms in total. The number of H-pyrrole nitrogens is 1. The molecule has 3 aromatic rings. The molecular formula is C24H23BrClN5O4. The molecule has 0 unspecified atom stereocenters. The number of anilines is 1. The van der Waals surface area contributed by atoms with Crippen molar-refractivity contribution in [3.8, 4) is 0 Å². The molecule has 0 radical (unpaired) electrons. The summed E-state index contributed by atoms with van der Waals surface area (Å²) in [5.74, 6) is -0.634. The Morgan fingerprint density at radius 3 is 2.46 bits per heavy atom. The number of likely N-dealkylation sites (tertiary alicyclic amines) is 1. The van der Waals surface area contributed by atoms with Gasteiger partial charge in [-0.1, -0.05) is 54.1 Å². The van der Waals surface area contributed by atoms with Gasteiger partial charge in [-0.3, -0.25) is 14.7 Å². The molecule has 0 atom stereocenters. The summed E-state index contributed by atoms with van der Waals surface area (Å²) >= 11 is 9.40. The van der Waals surface area contributed by atoms with E-state index in [0.717, 1.165) is 5.56 Å². The van der Waals surface area contributed by atoms with Crippen LogP contribution >= 0.6 is 27.5 Å². The number of carbonyl (C=O) groups excluding carboxylic acids is 3. The average Bonchev–Trinajstić information content (AvgIpc) is 3.23. The van der Waals surface area contributed by atoms with E-state index >= 15 is 0 Å². The van der Waals surface area contributed by atoms with E-state index in [1.807, 2.05) is 30.3 Å². The Morgan fingerprint density at radius 2 is 1.74 bits per heavy atom. The first kappa shape index (κ1) is 24.7. The van der Waals surface area contributed by atoms with Gasteiger partial charge in [0.15, 0.2) is 5.82 Å². The van der Waals surface area contributed by atoms with Gasteiger partial charge in [0.2, 0.25) is 0 Å². The topological polar surface area (TPSA) is 116 Å². The summed E-state index contributed by atoms with van der Waals surface area (Å²) in [6.45, 7) is 1.17. The third-order valence-corrected chi connectivity index (χ3v) is 6.68. The van der Waals surface area contributed by atoms with Crippen LogP contribution in [0.1, 0.15) is 39.3 Å². The zero-order chi connectivity index (χ0) is 24.8. The third-order valence-electron chi connectivity index (χ3n) is 5.58. The molecular weight excluding hydrogens is 538 g/mol. The maximum absolute atomic E-state index is 12.8. The highest BCUT2D eigenvalue weighted by atomic mass is 79.9. The maximum atomic E-state index is 12.8. The van der Waals surface area contributed by atoms with Crippen LogP contribution in [0.5, 0.6) is 0 Å². The maximum Gasteiger partial charge on any atom is 0.410 e. The Labute approximate surface area is 215 Å². The highest BCUT2D eigenvalue weighted by Crippen LogP contribution is 2.26. The lowest BCUT2D eigenvalue weighted by Gasteiger charge is -2.31. The molecule has 1 aromatic heterocycles. The predicted octanol–water partition coefficient (Wildman–Crippen LogP) is 4.61. The van der Waals surface area contributed by atoms with Crippen molar-refractivity contribution in [2.24, 2.45) is 0 Å². The first-order valence-electron chi connectivity index (χ1n) is 11.0. The van der Waals surface area contributed by atoms with E-state index in [2.05, 4.69) is 36.8 Å². The number of piperidine rings is 1. The van der Waals surface area contributed by atoms with Crippen molar-refractivity contribution in [1.29, 1.82) is 0 Å². The first-order valence-corrected chi connectivity index (χ1v) is 12.2. The van der Waals surface area contributed by atoms with Crippen LogP contribution in [0.25, 0.3) is 0 Å². The van der Waals surface area contributed by atoms with Crippen LogP contribution in [0.4, 0.5) is 10.6 Å². The number of amides is 3. The lowest BCUT2D eigenvalue weighted by atomic mass is 10.1. The molecule has 0 saturated carbocycles. The summed E-state index contributed by atoms with van der Waals surface area (Å²) < 4.78 is 5.71. The number of halogens is 2. The minimum Gasteiger partial charge on any atom is -0.445 e. The minimum absolute atomic E-state index is 0.114. The molecule has 3 amide bonds. The molecule has 11 heteroatoms. The summed E-state index contributed by atoms with van der Waals surface area (Å²) in [5, 5.41) is 12.6.